The maximum Gasteiger partial charge on any atom is 0.165 e. The number of hydrogen-bond acceptors (Lipinski definition) is 3. The first-order valence-corrected chi connectivity index (χ1v) is 6.45. The minimum atomic E-state index is -0.359. The maximum atomic E-state index is 13.4. The monoisotopic (exact) mass is 275 g/mol. The van der Waals surface area contributed by atoms with Gasteiger partial charge in [0.2, 0.25) is 0 Å². The number of phenols is 1. The zero-order valence-electron chi connectivity index (χ0n) is 11.6. The maximum absolute atomic E-state index is 13.4. The topological polar surface area (TPSA) is 41.5 Å². The second kappa shape index (κ2) is 6.39. The van der Waals surface area contributed by atoms with Crippen LogP contribution in [0.4, 0.5) is 4.39 Å². The van der Waals surface area contributed by atoms with Gasteiger partial charge in [-0.2, -0.15) is 0 Å². The van der Waals surface area contributed by atoms with Crippen molar-refractivity contribution in [2.75, 3.05) is 7.11 Å². The fourth-order valence-corrected chi connectivity index (χ4v) is 1.95. The van der Waals surface area contributed by atoms with Crippen LogP contribution >= 0.6 is 0 Å². The summed E-state index contributed by atoms with van der Waals surface area (Å²) in [5.41, 5.74) is 2.03. The summed E-state index contributed by atoms with van der Waals surface area (Å²) in [5.74, 6) is 0.146. The molecular formula is C16H18FNO2. The van der Waals surface area contributed by atoms with Gasteiger partial charge in [-0.15, -0.1) is 0 Å². The average Bonchev–Trinajstić information content (AvgIpc) is 2.47. The Morgan fingerprint density at radius 2 is 1.90 bits per heavy atom. The van der Waals surface area contributed by atoms with Crippen LogP contribution in [0.2, 0.25) is 0 Å². The second-order valence-corrected chi connectivity index (χ2v) is 4.66. The Labute approximate surface area is 118 Å². The fraction of sp³-hybridized carbons (Fsp3) is 0.250. The Kier molecular flexibility index (Phi) is 4.58. The molecule has 1 unspecified atom stereocenters. The molecule has 0 aliphatic carbocycles. The molecule has 2 N–H and O–H groups in total. The van der Waals surface area contributed by atoms with Crippen molar-refractivity contribution >= 4 is 0 Å². The predicted molar refractivity (Wildman–Crippen MR) is 76.3 cm³/mol. The summed E-state index contributed by atoms with van der Waals surface area (Å²) in [6.07, 6.45) is 0. The van der Waals surface area contributed by atoms with Gasteiger partial charge in [-0.3, -0.25) is 0 Å². The van der Waals surface area contributed by atoms with Crippen LogP contribution in [0, 0.1) is 5.82 Å². The van der Waals surface area contributed by atoms with Gasteiger partial charge in [-0.25, -0.2) is 4.39 Å². The van der Waals surface area contributed by atoms with Gasteiger partial charge in [0.05, 0.1) is 7.11 Å². The van der Waals surface area contributed by atoms with E-state index in [4.69, 9.17) is 4.74 Å². The molecule has 0 heterocycles. The van der Waals surface area contributed by atoms with Crippen LogP contribution in [-0.2, 0) is 6.54 Å². The lowest BCUT2D eigenvalue weighted by Gasteiger charge is -2.15. The summed E-state index contributed by atoms with van der Waals surface area (Å²) < 4.78 is 18.3. The first-order chi connectivity index (χ1) is 9.60. The van der Waals surface area contributed by atoms with Crippen molar-refractivity contribution in [3.63, 3.8) is 0 Å². The van der Waals surface area contributed by atoms with Crippen LogP contribution in [0.15, 0.2) is 42.5 Å². The summed E-state index contributed by atoms with van der Waals surface area (Å²) in [7, 11) is 1.46. The highest BCUT2D eigenvalue weighted by Crippen LogP contribution is 2.22. The molecule has 3 nitrogen and oxygen atoms in total. The van der Waals surface area contributed by atoms with Gasteiger partial charge in [-0.1, -0.05) is 18.2 Å². The summed E-state index contributed by atoms with van der Waals surface area (Å²) in [5, 5.41) is 12.6. The summed E-state index contributed by atoms with van der Waals surface area (Å²) in [6.45, 7) is 2.67. The lowest BCUT2D eigenvalue weighted by Crippen LogP contribution is -2.18. The third-order valence-electron chi connectivity index (χ3n) is 3.22. The molecule has 0 spiro atoms. The summed E-state index contributed by atoms with van der Waals surface area (Å²) in [4.78, 5) is 0. The third kappa shape index (κ3) is 3.48. The molecule has 0 radical (unpaired) electrons. The van der Waals surface area contributed by atoms with E-state index in [-0.39, 0.29) is 23.4 Å². The van der Waals surface area contributed by atoms with E-state index >= 15 is 0 Å². The zero-order valence-corrected chi connectivity index (χ0v) is 11.6. The Bertz CT molecular complexity index is 569. The number of benzene rings is 2. The quantitative estimate of drug-likeness (QED) is 0.879. The van der Waals surface area contributed by atoms with Crippen LogP contribution in [0.1, 0.15) is 24.1 Å². The molecule has 20 heavy (non-hydrogen) atoms. The van der Waals surface area contributed by atoms with E-state index in [1.54, 1.807) is 24.3 Å². The molecule has 0 bridgehead atoms. The molecule has 0 aliphatic heterocycles. The Balaban J connectivity index is 2.01. The molecule has 1 atom stereocenters. The van der Waals surface area contributed by atoms with Crippen molar-refractivity contribution in [2.45, 2.75) is 19.5 Å². The van der Waals surface area contributed by atoms with Gasteiger partial charge in [0.15, 0.2) is 11.6 Å². The Morgan fingerprint density at radius 1 is 1.20 bits per heavy atom. The molecule has 0 aromatic heterocycles. The molecule has 0 fully saturated rings. The number of ether oxygens (including phenoxy) is 1. The number of nitrogens with one attached hydrogen (secondary N) is 1. The fourth-order valence-electron chi connectivity index (χ4n) is 1.95. The van der Waals surface area contributed by atoms with Gasteiger partial charge < -0.3 is 15.2 Å². The third-order valence-corrected chi connectivity index (χ3v) is 3.22. The van der Waals surface area contributed by atoms with Crippen LogP contribution in [0.3, 0.4) is 0 Å². The van der Waals surface area contributed by atoms with Crippen molar-refractivity contribution in [1.29, 1.82) is 0 Å². The van der Waals surface area contributed by atoms with Crippen molar-refractivity contribution in [3.05, 3.63) is 59.4 Å². The normalized spacial score (nSPS) is 12.2. The van der Waals surface area contributed by atoms with Gasteiger partial charge in [0.1, 0.15) is 5.75 Å². The van der Waals surface area contributed by atoms with Crippen LogP contribution in [-0.4, -0.2) is 12.2 Å². The largest absolute Gasteiger partial charge is 0.508 e. The molecule has 0 amide bonds. The van der Waals surface area contributed by atoms with E-state index in [2.05, 4.69) is 5.32 Å². The number of methoxy groups -OCH3 is 1. The Hall–Kier alpha value is -2.07. The minimum absolute atomic E-state index is 0.0679. The lowest BCUT2D eigenvalue weighted by molar-refractivity contribution is 0.385. The van der Waals surface area contributed by atoms with E-state index in [0.717, 1.165) is 11.1 Å². The first-order valence-electron chi connectivity index (χ1n) is 6.45. The number of rotatable bonds is 5. The van der Waals surface area contributed by atoms with Gasteiger partial charge >= 0.3 is 0 Å². The van der Waals surface area contributed by atoms with Crippen LogP contribution in [0.25, 0.3) is 0 Å². The van der Waals surface area contributed by atoms with E-state index in [1.165, 1.54) is 13.2 Å². The van der Waals surface area contributed by atoms with Crippen molar-refractivity contribution in [3.8, 4) is 11.5 Å². The van der Waals surface area contributed by atoms with Gasteiger partial charge in [-0.05, 0) is 42.3 Å². The van der Waals surface area contributed by atoms with E-state index in [0.29, 0.717) is 6.54 Å². The second-order valence-electron chi connectivity index (χ2n) is 4.66. The molecular weight excluding hydrogens is 257 g/mol. The standard InChI is InChI=1S/C16H18FNO2/c1-11(13-5-8-15(17)16(9-13)20-2)18-10-12-3-6-14(19)7-4-12/h3-9,11,18-19H,10H2,1-2H3. The average molecular weight is 275 g/mol. The van der Waals surface area contributed by atoms with E-state index < -0.39 is 0 Å². The summed E-state index contributed by atoms with van der Waals surface area (Å²) in [6, 6.07) is 12.0. The molecule has 0 saturated heterocycles. The first kappa shape index (κ1) is 14.3. The van der Waals surface area contributed by atoms with Gasteiger partial charge in [0, 0.05) is 12.6 Å². The smallest absolute Gasteiger partial charge is 0.165 e. The number of aromatic hydroxyl groups is 1. The van der Waals surface area contributed by atoms with Crippen LogP contribution < -0.4 is 10.1 Å². The van der Waals surface area contributed by atoms with E-state index in [1.807, 2.05) is 19.1 Å². The molecule has 106 valence electrons. The van der Waals surface area contributed by atoms with Crippen molar-refractivity contribution in [1.82, 2.24) is 5.32 Å². The molecule has 0 aliphatic rings. The number of halogens is 1. The zero-order chi connectivity index (χ0) is 14.5. The summed E-state index contributed by atoms with van der Waals surface area (Å²) >= 11 is 0. The van der Waals surface area contributed by atoms with Crippen molar-refractivity contribution in [2.24, 2.45) is 0 Å². The lowest BCUT2D eigenvalue weighted by atomic mass is 10.1. The predicted octanol–water partition coefficient (Wildman–Crippen LogP) is 3.39. The van der Waals surface area contributed by atoms with Gasteiger partial charge in [0.25, 0.3) is 0 Å². The molecule has 4 heteroatoms. The number of hydrogen-bond donors (Lipinski definition) is 2. The van der Waals surface area contributed by atoms with Crippen molar-refractivity contribution < 1.29 is 14.2 Å². The molecule has 0 saturated carbocycles. The highest BCUT2D eigenvalue weighted by atomic mass is 19.1. The SMILES string of the molecule is COc1cc(C(C)NCc2ccc(O)cc2)ccc1F. The highest BCUT2D eigenvalue weighted by molar-refractivity contribution is 5.32. The minimum Gasteiger partial charge on any atom is -0.508 e. The Morgan fingerprint density at radius 3 is 2.55 bits per heavy atom. The number of phenolic OH excluding ortho intramolecular Hbond substituents is 1. The molecule has 2 aromatic carbocycles. The van der Waals surface area contributed by atoms with E-state index in [9.17, 15) is 9.50 Å². The molecule has 2 aromatic rings. The molecule has 2 rings (SSSR count). The highest BCUT2D eigenvalue weighted by Gasteiger charge is 2.09. The van der Waals surface area contributed by atoms with Crippen LogP contribution in [0.5, 0.6) is 11.5 Å².